The number of phenols is 1. The Labute approximate surface area is 233 Å². The van der Waals surface area contributed by atoms with Crippen molar-refractivity contribution in [2.24, 2.45) is 17.8 Å². The van der Waals surface area contributed by atoms with Crippen molar-refractivity contribution < 1.29 is 34.1 Å². The van der Waals surface area contributed by atoms with Gasteiger partial charge in [-0.2, -0.15) is 0 Å². The van der Waals surface area contributed by atoms with E-state index in [9.17, 15) is 29.4 Å². The molecule has 0 bridgehead atoms. The summed E-state index contributed by atoms with van der Waals surface area (Å²) >= 11 is 0. The Kier molecular flexibility index (Phi) is 10.6. The van der Waals surface area contributed by atoms with Gasteiger partial charge in [-0.1, -0.05) is 32.0 Å². The van der Waals surface area contributed by atoms with E-state index < -0.39 is 59.8 Å². The number of esters is 1. The summed E-state index contributed by atoms with van der Waals surface area (Å²) in [5, 5.41) is 29.5. The van der Waals surface area contributed by atoms with Crippen LogP contribution < -0.4 is 16.0 Å². The fourth-order valence-electron chi connectivity index (χ4n) is 4.57. The second-order valence-electron chi connectivity index (χ2n) is 10.6. The van der Waals surface area contributed by atoms with E-state index in [0.29, 0.717) is 0 Å². The summed E-state index contributed by atoms with van der Waals surface area (Å²) in [4.78, 5) is 56.7. The van der Waals surface area contributed by atoms with Crippen LogP contribution in [0.5, 0.6) is 5.75 Å². The fraction of sp³-hybridized carbons (Fsp3) is 0.483. The third kappa shape index (κ3) is 8.01. The Morgan fingerprint density at radius 2 is 1.80 bits per heavy atom. The molecular formula is C29H38N4O7. The minimum atomic E-state index is -1.34. The first-order valence-corrected chi connectivity index (χ1v) is 13.4. The Hall–Kier alpha value is -3.99. The molecule has 40 heavy (non-hydrogen) atoms. The van der Waals surface area contributed by atoms with Gasteiger partial charge in [-0.15, -0.1) is 0 Å². The van der Waals surface area contributed by atoms with Crippen molar-refractivity contribution in [1.82, 2.24) is 20.9 Å². The van der Waals surface area contributed by atoms with Crippen molar-refractivity contribution in [3.63, 3.8) is 0 Å². The second kappa shape index (κ2) is 13.9. The molecule has 11 heteroatoms. The number of phenolic OH excluding ortho intramolecular Hbond substituents is 1. The molecule has 0 aliphatic carbocycles. The third-order valence-electron chi connectivity index (χ3n) is 6.98. The number of aliphatic hydroxyl groups excluding tert-OH is 1. The zero-order chi connectivity index (χ0) is 29.4. The van der Waals surface area contributed by atoms with Crippen LogP contribution in [-0.2, 0) is 25.5 Å². The maximum atomic E-state index is 13.7. The number of nitrogens with one attached hydrogen (secondary N) is 3. The lowest BCUT2D eigenvalue weighted by Gasteiger charge is -2.33. The summed E-state index contributed by atoms with van der Waals surface area (Å²) in [5.41, 5.74) is 0.762. The lowest BCUT2D eigenvalue weighted by atomic mass is 9.91. The van der Waals surface area contributed by atoms with Crippen LogP contribution >= 0.6 is 0 Å². The van der Waals surface area contributed by atoms with E-state index in [1.807, 2.05) is 13.8 Å². The number of carbonyl (C=O) groups excluding carboxylic acids is 4. The highest BCUT2D eigenvalue weighted by atomic mass is 16.5. The number of cyclic esters (lactones) is 1. The number of benzene rings is 1. The molecule has 6 atom stereocenters. The number of hydrogen-bond donors (Lipinski definition) is 5. The molecule has 1 saturated heterocycles. The fourth-order valence-corrected chi connectivity index (χ4v) is 4.57. The topological polar surface area (TPSA) is 167 Å². The van der Waals surface area contributed by atoms with Gasteiger partial charge in [0, 0.05) is 25.0 Å². The number of rotatable bonds is 7. The molecule has 1 aromatic heterocycles. The van der Waals surface area contributed by atoms with Crippen molar-refractivity contribution in [3.05, 3.63) is 59.9 Å². The van der Waals surface area contributed by atoms with Crippen molar-refractivity contribution in [2.75, 3.05) is 6.54 Å². The number of para-hydroxylation sites is 1. The predicted octanol–water partition coefficient (Wildman–Crippen LogP) is 1.33. The van der Waals surface area contributed by atoms with Gasteiger partial charge in [0.15, 0.2) is 6.10 Å². The van der Waals surface area contributed by atoms with Gasteiger partial charge in [0.25, 0.3) is 11.8 Å². The Balaban J connectivity index is 1.93. The van der Waals surface area contributed by atoms with E-state index in [0.717, 1.165) is 5.56 Å². The molecular weight excluding hydrogens is 516 g/mol. The normalized spacial score (nSPS) is 26.1. The lowest BCUT2D eigenvalue weighted by Crippen LogP contribution is -2.57. The first kappa shape index (κ1) is 30.6. The third-order valence-corrected chi connectivity index (χ3v) is 6.98. The highest BCUT2D eigenvalue weighted by molar-refractivity contribution is 5.97. The summed E-state index contributed by atoms with van der Waals surface area (Å²) in [6.07, 6.45) is 1.15. The van der Waals surface area contributed by atoms with Crippen molar-refractivity contribution in [1.29, 1.82) is 0 Å². The Morgan fingerprint density at radius 3 is 2.45 bits per heavy atom. The smallest absolute Gasteiger partial charge is 0.312 e. The molecule has 3 amide bonds. The van der Waals surface area contributed by atoms with Crippen LogP contribution in [0.3, 0.4) is 0 Å². The van der Waals surface area contributed by atoms with Crippen LogP contribution in [0.2, 0.25) is 0 Å². The molecule has 3 rings (SSSR count). The molecule has 0 saturated carbocycles. The van der Waals surface area contributed by atoms with Gasteiger partial charge >= 0.3 is 5.97 Å². The zero-order valence-corrected chi connectivity index (χ0v) is 23.2. The number of carbonyl (C=O) groups is 4. The second-order valence-corrected chi connectivity index (χ2v) is 10.6. The molecule has 0 radical (unpaired) electrons. The van der Waals surface area contributed by atoms with E-state index in [1.54, 1.807) is 43.6 Å². The van der Waals surface area contributed by atoms with Gasteiger partial charge < -0.3 is 30.9 Å². The van der Waals surface area contributed by atoms with E-state index in [1.165, 1.54) is 19.1 Å². The summed E-state index contributed by atoms with van der Waals surface area (Å²) in [5.74, 6) is -4.68. The van der Waals surface area contributed by atoms with Crippen LogP contribution in [0.15, 0.2) is 48.8 Å². The average Bonchev–Trinajstić information content (AvgIpc) is 2.91. The van der Waals surface area contributed by atoms with E-state index in [2.05, 4.69) is 20.9 Å². The van der Waals surface area contributed by atoms with E-state index in [4.69, 9.17) is 4.74 Å². The number of aliphatic hydroxyl groups is 1. The molecule has 1 unspecified atom stereocenters. The van der Waals surface area contributed by atoms with E-state index >= 15 is 0 Å². The minimum Gasteiger partial charge on any atom is -0.507 e. The van der Waals surface area contributed by atoms with Crippen molar-refractivity contribution >= 4 is 23.7 Å². The lowest BCUT2D eigenvalue weighted by molar-refractivity contribution is -0.165. The van der Waals surface area contributed by atoms with E-state index in [-0.39, 0.29) is 36.6 Å². The summed E-state index contributed by atoms with van der Waals surface area (Å²) in [6.45, 7) is 6.68. The van der Waals surface area contributed by atoms with Gasteiger partial charge in [0.1, 0.15) is 5.75 Å². The highest BCUT2D eigenvalue weighted by Crippen LogP contribution is 2.20. The molecule has 1 fully saturated rings. The van der Waals surface area contributed by atoms with Crippen LogP contribution in [0, 0.1) is 17.8 Å². The largest absolute Gasteiger partial charge is 0.507 e. The number of hydrogen-bond acceptors (Lipinski definition) is 8. The molecule has 11 nitrogen and oxygen atoms in total. The summed E-state index contributed by atoms with van der Waals surface area (Å²) < 4.78 is 5.57. The molecule has 216 valence electrons. The molecule has 1 aliphatic heterocycles. The minimum absolute atomic E-state index is 0.0160. The standard InChI is InChI=1S/C29H38N4O7/c1-16(2)12-24-28(38)32-18(4)21(15-31-26(36)20-9-5-6-10-23(20)34)27(37)33-22(13-19-8-7-11-30-14-19)25(35)17(3)29(39)40-24/h5-11,14,16-18,21-22,24-25,34-35H,12-13,15H2,1-4H3,(H,31,36)(H,32,38)(H,33,37)/t17-,18-,21+,22+,24?,25+/m1/s1. The zero-order valence-electron chi connectivity index (χ0n) is 23.2. The monoisotopic (exact) mass is 554 g/mol. The quantitative estimate of drug-likeness (QED) is 0.320. The molecule has 0 spiro atoms. The van der Waals surface area contributed by atoms with Crippen molar-refractivity contribution in [3.8, 4) is 5.75 Å². The highest BCUT2D eigenvalue weighted by Gasteiger charge is 2.38. The van der Waals surface area contributed by atoms with Gasteiger partial charge in [0.2, 0.25) is 5.91 Å². The van der Waals surface area contributed by atoms with Crippen LogP contribution in [-0.4, -0.2) is 69.7 Å². The van der Waals surface area contributed by atoms with Crippen molar-refractivity contribution in [2.45, 2.75) is 64.8 Å². The molecule has 1 aromatic carbocycles. The summed E-state index contributed by atoms with van der Waals surface area (Å²) in [6, 6.07) is 7.82. The molecule has 2 heterocycles. The number of aromatic nitrogens is 1. The molecule has 2 aromatic rings. The molecule has 1 aliphatic rings. The number of ether oxygens (including phenoxy) is 1. The van der Waals surface area contributed by atoms with Crippen LogP contribution in [0.4, 0.5) is 0 Å². The molecule has 5 N–H and O–H groups in total. The average molecular weight is 555 g/mol. The number of amides is 3. The number of nitrogens with zero attached hydrogens (tertiary/aromatic N) is 1. The van der Waals surface area contributed by atoms with Gasteiger partial charge in [0.05, 0.1) is 29.5 Å². The summed E-state index contributed by atoms with van der Waals surface area (Å²) in [7, 11) is 0. The Bertz CT molecular complexity index is 1190. The van der Waals surface area contributed by atoms with Crippen LogP contribution in [0.25, 0.3) is 0 Å². The van der Waals surface area contributed by atoms with Crippen LogP contribution in [0.1, 0.15) is 50.0 Å². The Morgan fingerprint density at radius 1 is 1.07 bits per heavy atom. The number of pyridine rings is 1. The number of aromatic hydroxyl groups is 1. The SMILES string of the molecule is CC(C)CC1OC(=O)[C@H](C)[C@H](O)[C@H](Cc2cccnc2)NC(=O)[C@@H](CNC(=O)c2ccccc2O)[C@@H](C)NC1=O. The van der Waals surface area contributed by atoms with Gasteiger partial charge in [-0.05, 0) is 56.4 Å². The predicted molar refractivity (Wildman–Crippen MR) is 146 cm³/mol. The van der Waals surface area contributed by atoms with Gasteiger partial charge in [-0.25, -0.2) is 0 Å². The first-order valence-electron chi connectivity index (χ1n) is 13.4. The first-order chi connectivity index (χ1) is 19.0. The maximum absolute atomic E-state index is 13.7. The maximum Gasteiger partial charge on any atom is 0.312 e. The van der Waals surface area contributed by atoms with Gasteiger partial charge in [-0.3, -0.25) is 24.2 Å².